The average molecular weight is 240 g/mol. The standard InChI is InChI=1S/C11H12O4S/c1-16(14,15)11(6-7-11)9-4-2-8(3-5-9)10(12)13/h2-5H,6-7H2,1H3,(H,12,13). The van der Waals surface area contributed by atoms with Crippen LogP contribution in [0.5, 0.6) is 0 Å². The van der Waals surface area contributed by atoms with Gasteiger partial charge in [0.05, 0.1) is 10.3 Å². The van der Waals surface area contributed by atoms with E-state index in [-0.39, 0.29) is 5.56 Å². The second-order valence-corrected chi connectivity index (χ2v) is 6.47. The Labute approximate surface area is 93.8 Å². The van der Waals surface area contributed by atoms with Crippen LogP contribution < -0.4 is 0 Å². The van der Waals surface area contributed by atoms with E-state index in [0.29, 0.717) is 18.4 Å². The maximum Gasteiger partial charge on any atom is 0.335 e. The highest BCUT2D eigenvalue weighted by Crippen LogP contribution is 2.52. The van der Waals surface area contributed by atoms with Gasteiger partial charge in [-0.25, -0.2) is 13.2 Å². The fourth-order valence-corrected chi connectivity index (χ4v) is 3.31. The Kier molecular flexibility index (Phi) is 2.31. The molecule has 2 rings (SSSR count). The Morgan fingerprint density at radius 2 is 1.75 bits per heavy atom. The number of carbonyl (C=O) groups is 1. The molecule has 1 aromatic rings. The van der Waals surface area contributed by atoms with Crippen LogP contribution in [0.25, 0.3) is 0 Å². The van der Waals surface area contributed by atoms with E-state index in [1.165, 1.54) is 18.4 Å². The van der Waals surface area contributed by atoms with Gasteiger partial charge in [0.25, 0.3) is 0 Å². The van der Waals surface area contributed by atoms with Crippen molar-refractivity contribution in [1.82, 2.24) is 0 Å². The molecule has 0 amide bonds. The van der Waals surface area contributed by atoms with E-state index in [4.69, 9.17) is 5.11 Å². The molecule has 1 N–H and O–H groups in total. The fraction of sp³-hybridized carbons (Fsp3) is 0.364. The molecule has 1 aromatic carbocycles. The number of hydrogen-bond acceptors (Lipinski definition) is 3. The van der Waals surface area contributed by atoms with Gasteiger partial charge in [0.2, 0.25) is 0 Å². The van der Waals surface area contributed by atoms with Crippen molar-refractivity contribution in [3.8, 4) is 0 Å². The molecule has 0 spiro atoms. The maximum absolute atomic E-state index is 11.6. The molecule has 1 saturated carbocycles. The molecular weight excluding hydrogens is 228 g/mol. The normalized spacial score (nSPS) is 18.1. The summed E-state index contributed by atoms with van der Waals surface area (Å²) in [6.07, 6.45) is 2.47. The summed E-state index contributed by atoms with van der Waals surface area (Å²) >= 11 is 0. The lowest BCUT2D eigenvalue weighted by atomic mass is 10.1. The number of aromatic carboxylic acids is 1. The van der Waals surface area contributed by atoms with Crippen LogP contribution in [-0.4, -0.2) is 25.7 Å². The van der Waals surface area contributed by atoms with Gasteiger partial charge in [-0.2, -0.15) is 0 Å². The van der Waals surface area contributed by atoms with Crippen molar-refractivity contribution >= 4 is 15.8 Å². The lowest BCUT2D eigenvalue weighted by molar-refractivity contribution is 0.0697. The monoisotopic (exact) mass is 240 g/mol. The van der Waals surface area contributed by atoms with Crippen LogP contribution in [0, 0.1) is 0 Å². The van der Waals surface area contributed by atoms with Crippen molar-refractivity contribution in [2.75, 3.05) is 6.26 Å². The van der Waals surface area contributed by atoms with Crippen molar-refractivity contribution < 1.29 is 18.3 Å². The van der Waals surface area contributed by atoms with Crippen molar-refractivity contribution in [2.45, 2.75) is 17.6 Å². The van der Waals surface area contributed by atoms with Gasteiger partial charge in [-0.05, 0) is 30.5 Å². The zero-order valence-electron chi connectivity index (χ0n) is 8.80. The number of sulfone groups is 1. The molecule has 16 heavy (non-hydrogen) atoms. The number of hydrogen-bond donors (Lipinski definition) is 1. The van der Waals surface area contributed by atoms with Gasteiger partial charge in [-0.1, -0.05) is 12.1 Å². The summed E-state index contributed by atoms with van der Waals surface area (Å²) < 4.78 is 22.5. The minimum absolute atomic E-state index is 0.174. The van der Waals surface area contributed by atoms with Crippen LogP contribution in [0.4, 0.5) is 0 Å². The summed E-state index contributed by atoms with van der Waals surface area (Å²) in [5.74, 6) is -1.00. The first-order valence-corrected chi connectivity index (χ1v) is 6.79. The first kappa shape index (κ1) is 11.1. The summed E-state index contributed by atoms with van der Waals surface area (Å²) in [5, 5.41) is 8.74. The molecule has 4 nitrogen and oxygen atoms in total. The highest BCUT2D eigenvalue weighted by atomic mass is 32.2. The van der Waals surface area contributed by atoms with Crippen molar-refractivity contribution in [3.63, 3.8) is 0 Å². The van der Waals surface area contributed by atoms with Gasteiger partial charge >= 0.3 is 5.97 Å². The molecule has 1 fully saturated rings. The molecule has 86 valence electrons. The molecule has 1 aliphatic rings. The Morgan fingerprint density at radius 1 is 1.25 bits per heavy atom. The third kappa shape index (κ3) is 1.61. The molecular formula is C11H12O4S. The Bertz CT molecular complexity index is 524. The van der Waals surface area contributed by atoms with Crippen LogP contribution >= 0.6 is 0 Å². The van der Waals surface area contributed by atoms with Crippen LogP contribution in [-0.2, 0) is 14.6 Å². The molecule has 0 radical (unpaired) electrons. The summed E-state index contributed by atoms with van der Waals surface area (Å²) in [6, 6.07) is 6.08. The van der Waals surface area contributed by atoms with E-state index in [0.717, 1.165) is 0 Å². The maximum atomic E-state index is 11.6. The Morgan fingerprint density at radius 3 is 2.06 bits per heavy atom. The van der Waals surface area contributed by atoms with Crippen LogP contribution in [0.2, 0.25) is 0 Å². The second-order valence-electron chi connectivity index (χ2n) is 4.15. The van der Waals surface area contributed by atoms with Crippen LogP contribution in [0.1, 0.15) is 28.8 Å². The predicted octanol–water partition coefficient (Wildman–Crippen LogP) is 1.42. The predicted molar refractivity (Wildman–Crippen MR) is 59.2 cm³/mol. The van der Waals surface area contributed by atoms with Crippen LogP contribution in [0.3, 0.4) is 0 Å². The summed E-state index contributed by atoms with van der Waals surface area (Å²) in [7, 11) is -3.12. The molecule has 0 unspecified atom stereocenters. The van der Waals surface area contributed by atoms with E-state index in [9.17, 15) is 13.2 Å². The molecule has 5 heteroatoms. The highest BCUT2D eigenvalue weighted by molar-refractivity contribution is 7.92. The molecule has 0 heterocycles. The van der Waals surface area contributed by atoms with E-state index in [2.05, 4.69) is 0 Å². The first-order valence-electron chi connectivity index (χ1n) is 4.90. The van der Waals surface area contributed by atoms with Crippen LogP contribution in [0.15, 0.2) is 24.3 Å². The summed E-state index contributed by atoms with van der Waals surface area (Å²) in [4.78, 5) is 10.7. The van der Waals surface area contributed by atoms with Gasteiger partial charge in [-0.3, -0.25) is 0 Å². The number of carboxylic acid groups (broad SMARTS) is 1. The third-order valence-corrected chi connectivity index (χ3v) is 5.14. The first-order chi connectivity index (χ1) is 7.37. The van der Waals surface area contributed by atoms with Crippen molar-refractivity contribution in [2.24, 2.45) is 0 Å². The van der Waals surface area contributed by atoms with Gasteiger partial charge in [0, 0.05) is 6.26 Å². The molecule has 1 aliphatic carbocycles. The zero-order chi connectivity index (χ0) is 12.0. The minimum Gasteiger partial charge on any atom is -0.478 e. The smallest absolute Gasteiger partial charge is 0.335 e. The van der Waals surface area contributed by atoms with Crippen molar-refractivity contribution in [3.05, 3.63) is 35.4 Å². The molecule has 0 aromatic heterocycles. The lowest BCUT2D eigenvalue weighted by Gasteiger charge is -2.13. The van der Waals surface area contributed by atoms with E-state index < -0.39 is 20.6 Å². The summed E-state index contributed by atoms with van der Waals surface area (Å²) in [6.45, 7) is 0. The van der Waals surface area contributed by atoms with Crippen molar-refractivity contribution in [1.29, 1.82) is 0 Å². The van der Waals surface area contributed by atoms with Gasteiger partial charge in [0.15, 0.2) is 9.84 Å². The zero-order valence-corrected chi connectivity index (χ0v) is 9.62. The topological polar surface area (TPSA) is 71.4 Å². The van der Waals surface area contributed by atoms with Gasteiger partial charge in [0.1, 0.15) is 0 Å². The van der Waals surface area contributed by atoms with E-state index in [1.807, 2.05) is 0 Å². The molecule has 0 aliphatic heterocycles. The number of benzene rings is 1. The Hall–Kier alpha value is -1.36. The lowest BCUT2D eigenvalue weighted by Crippen LogP contribution is -2.19. The number of carboxylic acids is 1. The number of rotatable bonds is 3. The van der Waals surface area contributed by atoms with E-state index in [1.54, 1.807) is 12.1 Å². The summed E-state index contributed by atoms with van der Waals surface area (Å²) in [5.41, 5.74) is 0.869. The fourth-order valence-electron chi connectivity index (χ4n) is 1.90. The highest BCUT2D eigenvalue weighted by Gasteiger charge is 2.53. The van der Waals surface area contributed by atoms with E-state index >= 15 is 0 Å². The van der Waals surface area contributed by atoms with Gasteiger partial charge in [-0.15, -0.1) is 0 Å². The van der Waals surface area contributed by atoms with Gasteiger partial charge < -0.3 is 5.11 Å². The third-order valence-electron chi connectivity index (χ3n) is 3.07. The SMILES string of the molecule is CS(=O)(=O)C1(c2ccc(C(=O)O)cc2)CC1. The minimum atomic E-state index is -3.12. The Balaban J connectivity index is 2.40. The quantitative estimate of drug-likeness (QED) is 0.867. The largest absolute Gasteiger partial charge is 0.478 e. The molecule has 0 saturated heterocycles. The molecule has 0 atom stereocenters. The average Bonchev–Trinajstić information content (AvgIpc) is 2.97. The molecule has 0 bridgehead atoms. The second kappa shape index (κ2) is 3.31.